The first-order valence-corrected chi connectivity index (χ1v) is 3.23. The highest BCUT2D eigenvalue weighted by molar-refractivity contribution is 4.76. The van der Waals surface area contributed by atoms with Crippen molar-refractivity contribution >= 4 is 0 Å². The van der Waals surface area contributed by atoms with Crippen molar-refractivity contribution in [2.45, 2.75) is 18.4 Å². The SMILES string of the molecule is OCCC(O)(CO)CCO. The molecule has 0 radical (unpaired) electrons. The molecule has 0 saturated carbocycles. The van der Waals surface area contributed by atoms with Gasteiger partial charge in [-0.05, 0) is 0 Å². The number of hydrogen-bond donors (Lipinski definition) is 4. The third-order valence-corrected chi connectivity index (χ3v) is 1.45. The Balaban J connectivity index is 3.69. The van der Waals surface area contributed by atoms with Crippen molar-refractivity contribution in [2.75, 3.05) is 19.8 Å². The van der Waals surface area contributed by atoms with E-state index in [4.69, 9.17) is 15.3 Å². The van der Waals surface area contributed by atoms with Gasteiger partial charge in [-0.2, -0.15) is 0 Å². The average molecular weight is 150 g/mol. The summed E-state index contributed by atoms with van der Waals surface area (Å²) in [5.41, 5.74) is -1.30. The number of aliphatic hydroxyl groups excluding tert-OH is 3. The van der Waals surface area contributed by atoms with Gasteiger partial charge in [0.05, 0.1) is 12.2 Å². The standard InChI is InChI=1S/C6H14O4/c7-3-1-6(10,5-9)2-4-8/h7-10H,1-5H2. The maximum Gasteiger partial charge on any atom is 0.0921 e. The van der Waals surface area contributed by atoms with Gasteiger partial charge in [-0.15, -0.1) is 0 Å². The van der Waals surface area contributed by atoms with Gasteiger partial charge < -0.3 is 20.4 Å². The molecule has 4 heteroatoms. The van der Waals surface area contributed by atoms with Crippen molar-refractivity contribution in [1.29, 1.82) is 0 Å². The van der Waals surface area contributed by atoms with E-state index in [2.05, 4.69) is 0 Å². The lowest BCUT2D eigenvalue weighted by Gasteiger charge is -2.23. The molecule has 0 fully saturated rings. The molecular formula is C6H14O4. The topological polar surface area (TPSA) is 80.9 Å². The van der Waals surface area contributed by atoms with Gasteiger partial charge in [0.2, 0.25) is 0 Å². The summed E-state index contributed by atoms with van der Waals surface area (Å²) in [5, 5.41) is 34.6. The average Bonchev–Trinajstić information content (AvgIpc) is 1.89. The van der Waals surface area contributed by atoms with E-state index in [0.29, 0.717) is 0 Å². The molecule has 0 amide bonds. The van der Waals surface area contributed by atoms with E-state index in [9.17, 15) is 5.11 Å². The van der Waals surface area contributed by atoms with E-state index in [1.807, 2.05) is 0 Å². The molecule has 0 unspecified atom stereocenters. The third kappa shape index (κ3) is 3.12. The quantitative estimate of drug-likeness (QED) is 0.383. The van der Waals surface area contributed by atoms with Gasteiger partial charge in [0, 0.05) is 26.1 Å². The normalized spacial score (nSPS) is 12.0. The van der Waals surface area contributed by atoms with Crippen molar-refractivity contribution in [2.24, 2.45) is 0 Å². The van der Waals surface area contributed by atoms with Gasteiger partial charge in [0.1, 0.15) is 0 Å². The maximum absolute atomic E-state index is 9.25. The van der Waals surface area contributed by atoms with Gasteiger partial charge in [-0.3, -0.25) is 0 Å². The van der Waals surface area contributed by atoms with Crippen LogP contribution < -0.4 is 0 Å². The zero-order valence-electron chi connectivity index (χ0n) is 5.82. The molecule has 0 atom stereocenters. The second kappa shape index (κ2) is 4.62. The van der Waals surface area contributed by atoms with E-state index >= 15 is 0 Å². The van der Waals surface area contributed by atoms with Crippen molar-refractivity contribution in [3.8, 4) is 0 Å². The molecule has 0 saturated heterocycles. The zero-order chi connectivity index (χ0) is 8.04. The summed E-state index contributed by atoms with van der Waals surface area (Å²) in [7, 11) is 0. The van der Waals surface area contributed by atoms with Gasteiger partial charge in [-0.25, -0.2) is 0 Å². The minimum absolute atomic E-state index is 0.101. The minimum atomic E-state index is -1.30. The smallest absolute Gasteiger partial charge is 0.0921 e. The van der Waals surface area contributed by atoms with Crippen LogP contribution in [0, 0.1) is 0 Å². The number of rotatable bonds is 5. The van der Waals surface area contributed by atoms with Gasteiger partial charge in [0.25, 0.3) is 0 Å². The fourth-order valence-corrected chi connectivity index (χ4v) is 0.699. The molecule has 0 aromatic carbocycles. The summed E-state index contributed by atoms with van der Waals surface area (Å²) in [5.74, 6) is 0. The van der Waals surface area contributed by atoms with E-state index in [0.717, 1.165) is 0 Å². The second-order valence-corrected chi connectivity index (χ2v) is 2.33. The van der Waals surface area contributed by atoms with Crippen molar-refractivity contribution in [3.63, 3.8) is 0 Å². The fourth-order valence-electron chi connectivity index (χ4n) is 0.699. The van der Waals surface area contributed by atoms with E-state index in [-0.39, 0.29) is 26.1 Å². The van der Waals surface area contributed by atoms with Gasteiger partial charge in [0.15, 0.2) is 0 Å². The van der Waals surface area contributed by atoms with Gasteiger partial charge >= 0.3 is 0 Å². The van der Waals surface area contributed by atoms with Crippen LogP contribution >= 0.6 is 0 Å². The Morgan fingerprint density at radius 3 is 1.50 bits per heavy atom. The van der Waals surface area contributed by atoms with Crippen LogP contribution in [0.25, 0.3) is 0 Å². The summed E-state index contributed by atoms with van der Waals surface area (Å²) in [6, 6.07) is 0. The molecular weight excluding hydrogens is 136 g/mol. The zero-order valence-corrected chi connectivity index (χ0v) is 5.82. The Morgan fingerprint density at radius 2 is 1.30 bits per heavy atom. The lowest BCUT2D eigenvalue weighted by Crippen LogP contribution is -2.35. The number of hydrogen-bond acceptors (Lipinski definition) is 4. The molecule has 0 aromatic rings. The van der Waals surface area contributed by atoms with E-state index in [1.54, 1.807) is 0 Å². The Labute approximate surface area is 59.7 Å². The molecule has 0 aliphatic rings. The monoisotopic (exact) mass is 150 g/mol. The third-order valence-electron chi connectivity index (χ3n) is 1.45. The van der Waals surface area contributed by atoms with Crippen LogP contribution in [0.1, 0.15) is 12.8 Å². The largest absolute Gasteiger partial charge is 0.396 e. The van der Waals surface area contributed by atoms with Crippen LogP contribution in [-0.4, -0.2) is 45.8 Å². The first kappa shape index (κ1) is 9.84. The Kier molecular flexibility index (Phi) is 4.55. The van der Waals surface area contributed by atoms with Crippen LogP contribution in [0.4, 0.5) is 0 Å². The molecule has 0 spiro atoms. The molecule has 0 heterocycles. The lowest BCUT2D eigenvalue weighted by molar-refractivity contribution is -0.0469. The summed E-state index contributed by atoms with van der Waals surface area (Å²) >= 11 is 0. The molecule has 62 valence electrons. The maximum atomic E-state index is 9.25. The van der Waals surface area contributed by atoms with E-state index in [1.165, 1.54) is 0 Å². The van der Waals surface area contributed by atoms with Crippen LogP contribution in [0.3, 0.4) is 0 Å². The molecule has 4 nitrogen and oxygen atoms in total. The van der Waals surface area contributed by atoms with Crippen molar-refractivity contribution in [3.05, 3.63) is 0 Å². The predicted molar refractivity (Wildman–Crippen MR) is 35.4 cm³/mol. The summed E-state index contributed by atoms with van der Waals surface area (Å²) < 4.78 is 0. The van der Waals surface area contributed by atoms with Gasteiger partial charge in [-0.1, -0.05) is 0 Å². The minimum Gasteiger partial charge on any atom is -0.396 e. The van der Waals surface area contributed by atoms with Crippen molar-refractivity contribution in [1.82, 2.24) is 0 Å². The van der Waals surface area contributed by atoms with Crippen LogP contribution in [0.5, 0.6) is 0 Å². The molecule has 4 N–H and O–H groups in total. The molecule has 0 aliphatic heterocycles. The van der Waals surface area contributed by atoms with Crippen molar-refractivity contribution < 1.29 is 20.4 Å². The Morgan fingerprint density at radius 1 is 0.900 bits per heavy atom. The van der Waals surface area contributed by atoms with E-state index < -0.39 is 12.2 Å². The Bertz CT molecular complexity index is 77.8. The number of aliphatic hydroxyl groups is 4. The highest BCUT2D eigenvalue weighted by atomic mass is 16.3. The fraction of sp³-hybridized carbons (Fsp3) is 1.00. The molecule has 0 bridgehead atoms. The molecule has 0 rings (SSSR count). The lowest BCUT2D eigenvalue weighted by atomic mass is 9.98. The van der Waals surface area contributed by atoms with Crippen LogP contribution in [-0.2, 0) is 0 Å². The Hall–Kier alpha value is -0.160. The first-order chi connectivity index (χ1) is 4.68. The summed E-state index contributed by atoms with van der Waals surface area (Å²) in [6.45, 7) is -0.789. The second-order valence-electron chi connectivity index (χ2n) is 2.33. The first-order valence-electron chi connectivity index (χ1n) is 3.23. The predicted octanol–water partition coefficient (Wildman–Crippen LogP) is -1.53. The molecule has 10 heavy (non-hydrogen) atoms. The van der Waals surface area contributed by atoms with Crippen LogP contribution in [0.15, 0.2) is 0 Å². The molecule has 0 aromatic heterocycles. The summed E-state index contributed by atoms with van der Waals surface area (Å²) in [6.07, 6.45) is 0.203. The highest BCUT2D eigenvalue weighted by Crippen LogP contribution is 2.12. The highest BCUT2D eigenvalue weighted by Gasteiger charge is 2.23. The summed E-state index contributed by atoms with van der Waals surface area (Å²) in [4.78, 5) is 0. The van der Waals surface area contributed by atoms with Crippen LogP contribution in [0.2, 0.25) is 0 Å². The molecule has 0 aliphatic carbocycles.